The molecule has 4 rings (SSSR count). The van der Waals surface area contributed by atoms with Gasteiger partial charge in [-0.15, -0.1) is 11.3 Å². The third-order valence-corrected chi connectivity index (χ3v) is 9.27. The van der Waals surface area contributed by atoms with Crippen LogP contribution in [0.4, 0.5) is 4.79 Å². The molecule has 2 aliphatic rings. The van der Waals surface area contributed by atoms with Crippen LogP contribution in [0.15, 0.2) is 29.3 Å². The molecule has 1 saturated heterocycles. The molecule has 4 heterocycles. The average molecular weight is 494 g/mol. The zero-order valence-electron chi connectivity index (χ0n) is 18.5. The van der Waals surface area contributed by atoms with Crippen molar-refractivity contribution in [1.29, 1.82) is 0 Å². The third-order valence-electron chi connectivity index (χ3n) is 6.19. The number of sulfone groups is 1. The molecule has 1 unspecified atom stereocenters. The minimum Gasteiger partial charge on any atom is -0.465 e. The Morgan fingerprint density at radius 2 is 2.06 bits per heavy atom. The van der Waals surface area contributed by atoms with E-state index in [9.17, 15) is 23.1 Å². The van der Waals surface area contributed by atoms with E-state index in [-0.39, 0.29) is 29.2 Å². The van der Waals surface area contributed by atoms with Crippen molar-refractivity contribution in [2.24, 2.45) is 0 Å². The fraction of sp³-hybridized carbons (Fsp3) is 0.500. The number of amides is 2. The predicted octanol–water partition coefficient (Wildman–Crippen LogP) is 2.80. The number of carbonyl (C=O) groups excluding carboxylic acids is 1. The van der Waals surface area contributed by atoms with Gasteiger partial charge in [0.1, 0.15) is 5.60 Å². The molecule has 0 saturated carbocycles. The van der Waals surface area contributed by atoms with Gasteiger partial charge in [0.15, 0.2) is 9.84 Å². The molecule has 9 nitrogen and oxygen atoms in total. The van der Waals surface area contributed by atoms with Crippen LogP contribution in [-0.2, 0) is 33.1 Å². The van der Waals surface area contributed by atoms with Crippen LogP contribution in [0.5, 0.6) is 0 Å². The minimum absolute atomic E-state index is 0.00592. The number of rotatable bonds is 5. The number of hydrogen-bond donors (Lipinski definition) is 2. The van der Waals surface area contributed by atoms with E-state index in [0.717, 1.165) is 10.4 Å². The van der Waals surface area contributed by atoms with Crippen LogP contribution in [0.2, 0.25) is 0 Å². The topological polar surface area (TPSA) is 126 Å². The lowest BCUT2D eigenvalue weighted by Gasteiger charge is -2.45. The van der Waals surface area contributed by atoms with Gasteiger partial charge in [-0.25, -0.2) is 13.2 Å². The number of ether oxygens (including phenoxy) is 1. The summed E-state index contributed by atoms with van der Waals surface area (Å²) in [4.78, 5) is 31.5. The zero-order valence-corrected chi connectivity index (χ0v) is 20.2. The molecule has 2 aliphatic heterocycles. The Labute approximate surface area is 196 Å². The Kier molecular flexibility index (Phi) is 6.47. The van der Waals surface area contributed by atoms with E-state index in [1.54, 1.807) is 13.0 Å². The number of thiophene rings is 1. The number of pyridine rings is 1. The summed E-state index contributed by atoms with van der Waals surface area (Å²) in [6.07, 6.45) is 2.22. The van der Waals surface area contributed by atoms with Crippen LogP contribution in [0.3, 0.4) is 0 Å². The Balaban J connectivity index is 1.47. The largest absolute Gasteiger partial charge is 0.465 e. The molecule has 1 spiro atoms. The van der Waals surface area contributed by atoms with Gasteiger partial charge in [-0.1, -0.05) is 6.92 Å². The molecule has 2 amide bonds. The van der Waals surface area contributed by atoms with Crippen molar-refractivity contribution in [2.45, 2.75) is 56.3 Å². The molecule has 2 N–H and O–H groups in total. The summed E-state index contributed by atoms with van der Waals surface area (Å²) in [7, 11) is -3.31. The minimum atomic E-state index is -3.31. The van der Waals surface area contributed by atoms with Gasteiger partial charge in [-0.2, -0.15) is 0 Å². The van der Waals surface area contributed by atoms with Crippen LogP contribution in [0.1, 0.15) is 52.5 Å². The van der Waals surface area contributed by atoms with Crippen LogP contribution >= 0.6 is 11.3 Å². The highest BCUT2D eigenvalue weighted by Gasteiger charge is 2.45. The Hall–Kier alpha value is -2.50. The highest BCUT2D eigenvalue weighted by atomic mass is 32.2. The Morgan fingerprint density at radius 3 is 2.67 bits per heavy atom. The van der Waals surface area contributed by atoms with Gasteiger partial charge < -0.3 is 20.1 Å². The number of carbonyl (C=O) groups is 2. The fourth-order valence-corrected chi connectivity index (χ4v) is 6.52. The number of fused-ring (bicyclic) bond motifs is 2. The normalized spacial score (nSPS) is 19.8. The van der Waals surface area contributed by atoms with Gasteiger partial charge in [-0.3, -0.25) is 9.78 Å². The summed E-state index contributed by atoms with van der Waals surface area (Å²) in [5.41, 5.74) is 1.10. The lowest BCUT2D eigenvalue weighted by atomic mass is 9.84. The summed E-state index contributed by atoms with van der Waals surface area (Å²) in [5, 5.41) is 12.1. The van der Waals surface area contributed by atoms with Crippen molar-refractivity contribution in [2.75, 3.05) is 18.8 Å². The first-order chi connectivity index (χ1) is 15.6. The molecule has 2 aromatic heterocycles. The lowest BCUT2D eigenvalue weighted by Crippen LogP contribution is -2.49. The van der Waals surface area contributed by atoms with Gasteiger partial charge in [0, 0.05) is 24.2 Å². The maximum absolute atomic E-state index is 12.9. The Bertz CT molecular complexity index is 1150. The quantitative estimate of drug-likeness (QED) is 0.656. The zero-order chi connectivity index (χ0) is 23.8. The summed E-state index contributed by atoms with van der Waals surface area (Å²) in [5.74, 6) is -0.223. The van der Waals surface area contributed by atoms with Crippen LogP contribution < -0.4 is 5.32 Å². The molecule has 0 bridgehead atoms. The molecule has 0 aliphatic carbocycles. The number of nitrogens with zero attached hydrogens (tertiary/aromatic N) is 2. The molecule has 2 aromatic rings. The molecule has 11 heteroatoms. The van der Waals surface area contributed by atoms with E-state index in [2.05, 4.69) is 10.3 Å². The number of piperidine rings is 1. The number of likely N-dealkylation sites (tertiary alicyclic amines) is 1. The number of hydrogen-bond acceptors (Lipinski definition) is 7. The first-order valence-electron chi connectivity index (χ1n) is 10.9. The second kappa shape index (κ2) is 9.03. The number of carboxylic acid groups (broad SMARTS) is 1. The molecule has 33 heavy (non-hydrogen) atoms. The van der Waals surface area contributed by atoms with E-state index in [0.29, 0.717) is 42.9 Å². The van der Waals surface area contributed by atoms with E-state index >= 15 is 0 Å². The molecular weight excluding hydrogens is 466 g/mol. The van der Waals surface area contributed by atoms with Crippen molar-refractivity contribution in [3.05, 3.63) is 45.4 Å². The summed E-state index contributed by atoms with van der Waals surface area (Å²) in [6, 6.07) is 5.01. The third kappa shape index (κ3) is 4.75. The van der Waals surface area contributed by atoms with Gasteiger partial charge >= 0.3 is 6.09 Å². The van der Waals surface area contributed by atoms with Crippen molar-refractivity contribution in [1.82, 2.24) is 15.2 Å². The van der Waals surface area contributed by atoms with Crippen molar-refractivity contribution < 1.29 is 27.9 Å². The molecule has 0 aromatic carbocycles. The SMILES string of the molecule is CCS(=O)(=O)c1ccc(CNC(=O)c2cc3c(s2)C2(CCN(C(=O)O)CC2)OC(C)C3)nc1. The maximum Gasteiger partial charge on any atom is 0.407 e. The average Bonchev–Trinajstić information content (AvgIpc) is 3.23. The standard InChI is InChI=1S/C22H27N3O6S2/c1-3-33(29,30)17-5-4-16(23-13-17)12-24-20(26)18-11-15-10-14(2)31-22(19(15)32-18)6-8-25(9-7-22)21(27)28/h4-5,11,13-14H,3,6-10,12H2,1-2H3,(H,24,26)(H,27,28). The molecule has 1 fully saturated rings. The van der Waals surface area contributed by atoms with Gasteiger partial charge in [0.2, 0.25) is 0 Å². The monoisotopic (exact) mass is 493 g/mol. The second-order valence-electron chi connectivity index (χ2n) is 8.43. The highest BCUT2D eigenvalue weighted by Crippen LogP contribution is 2.47. The summed E-state index contributed by atoms with van der Waals surface area (Å²) >= 11 is 1.40. The first kappa shape index (κ1) is 23.7. The lowest BCUT2D eigenvalue weighted by molar-refractivity contribution is -0.128. The van der Waals surface area contributed by atoms with Crippen molar-refractivity contribution in [3.8, 4) is 0 Å². The van der Waals surface area contributed by atoms with E-state index in [1.165, 1.54) is 28.5 Å². The highest BCUT2D eigenvalue weighted by molar-refractivity contribution is 7.91. The van der Waals surface area contributed by atoms with Gasteiger partial charge in [0.25, 0.3) is 5.91 Å². The Morgan fingerprint density at radius 1 is 1.33 bits per heavy atom. The van der Waals surface area contributed by atoms with Crippen LogP contribution in [-0.4, -0.2) is 60.4 Å². The maximum atomic E-state index is 12.9. The van der Waals surface area contributed by atoms with Crippen molar-refractivity contribution in [3.63, 3.8) is 0 Å². The number of aromatic nitrogens is 1. The van der Waals surface area contributed by atoms with E-state index < -0.39 is 21.5 Å². The fourth-order valence-electron chi connectivity index (χ4n) is 4.40. The van der Waals surface area contributed by atoms with Crippen LogP contribution in [0, 0.1) is 0 Å². The molecular formula is C22H27N3O6S2. The van der Waals surface area contributed by atoms with Gasteiger partial charge in [0.05, 0.1) is 33.9 Å². The summed E-state index contributed by atoms with van der Waals surface area (Å²) < 4.78 is 30.2. The first-order valence-corrected chi connectivity index (χ1v) is 13.3. The van der Waals surface area contributed by atoms with Crippen molar-refractivity contribution >= 4 is 33.2 Å². The molecule has 1 atom stereocenters. The summed E-state index contributed by atoms with van der Waals surface area (Å²) in [6.45, 7) is 4.56. The second-order valence-corrected chi connectivity index (χ2v) is 11.8. The van der Waals surface area contributed by atoms with E-state index in [4.69, 9.17) is 4.74 Å². The smallest absolute Gasteiger partial charge is 0.407 e. The number of nitrogens with one attached hydrogen (secondary N) is 1. The molecule has 178 valence electrons. The van der Waals surface area contributed by atoms with Crippen LogP contribution in [0.25, 0.3) is 0 Å². The van der Waals surface area contributed by atoms with Gasteiger partial charge in [-0.05, 0) is 49.9 Å². The molecule has 0 radical (unpaired) electrons. The predicted molar refractivity (Wildman–Crippen MR) is 122 cm³/mol. The van der Waals surface area contributed by atoms with E-state index in [1.807, 2.05) is 13.0 Å².